The summed E-state index contributed by atoms with van der Waals surface area (Å²) in [4.78, 5) is 23.8. The van der Waals surface area contributed by atoms with Crippen molar-refractivity contribution in [2.45, 2.75) is 13.5 Å². The van der Waals surface area contributed by atoms with Crippen LogP contribution in [0, 0.1) is 0 Å². The predicted octanol–water partition coefficient (Wildman–Crippen LogP) is 0.547. The van der Waals surface area contributed by atoms with Crippen LogP contribution >= 0.6 is 0 Å². The van der Waals surface area contributed by atoms with Crippen molar-refractivity contribution in [2.75, 3.05) is 36.4 Å². The molecule has 1 aliphatic rings. The maximum Gasteiger partial charge on any atom is 0.244 e. The highest BCUT2D eigenvalue weighted by atomic mass is 16.2. The van der Waals surface area contributed by atoms with Crippen LogP contribution in [0.5, 0.6) is 0 Å². The van der Waals surface area contributed by atoms with E-state index in [0.29, 0.717) is 25.6 Å². The Balaban J connectivity index is 1.60. The smallest absolute Gasteiger partial charge is 0.244 e. The summed E-state index contributed by atoms with van der Waals surface area (Å²) in [5.74, 6) is 1.39. The Kier molecular flexibility index (Phi) is 4.60. The normalized spacial score (nSPS) is 14.7. The summed E-state index contributed by atoms with van der Waals surface area (Å²) in [5, 5.41) is 11.2. The number of nitrogens with zero attached hydrogens (tertiary/aromatic N) is 6. The van der Waals surface area contributed by atoms with Crippen LogP contribution in [0.2, 0.25) is 0 Å². The van der Waals surface area contributed by atoms with Crippen molar-refractivity contribution in [3.63, 3.8) is 0 Å². The van der Waals surface area contributed by atoms with Crippen molar-refractivity contribution in [1.82, 2.24) is 25.1 Å². The van der Waals surface area contributed by atoms with Crippen molar-refractivity contribution in [3.8, 4) is 0 Å². The van der Waals surface area contributed by atoms with Crippen LogP contribution in [-0.4, -0.2) is 57.2 Å². The number of carbonyl (C=O) groups excluding carboxylic acids is 1. The average Bonchev–Trinajstić information content (AvgIpc) is 2.61. The topological polar surface area (TPSA) is 87.1 Å². The molecular formula is C15H19N7O. The molecule has 1 fully saturated rings. The number of amides is 1. The van der Waals surface area contributed by atoms with Crippen LogP contribution in [0.3, 0.4) is 0 Å². The summed E-state index contributed by atoms with van der Waals surface area (Å²) in [7, 11) is 0. The van der Waals surface area contributed by atoms with E-state index in [2.05, 4.69) is 30.4 Å². The Labute approximate surface area is 134 Å². The van der Waals surface area contributed by atoms with E-state index in [9.17, 15) is 4.79 Å². The van der Waals surface area contributed by atoms with Crippen LogP contribution in [-0.2, 0) is 11.3 Å². The first-order valence-corrected chi connectivity index (χ1v) is 7.55. The van der Waals surface area contributed by atoms with Gasteiger partial charge in [0.05, 0.1) is 6.20 Å². The van der Waals surface area contributed by atoms with Gasteiger partial charge in [0.15, 0.2) is 5.82 Å². The van der Waals surface area contributed by atoms with E-state index in [1.807, 2.05) is 17.0 Å². The molecule has 1 saturated heterocycles. The minimum absolute atomic E-state index is 0.116. The van der Waals surface area contributed by atoms with E-state index in [0.717, 1.165) is 24.5 Å². The molecule has 0 aromatic carbocycles. The second-order valence-electron chi connectivity index (χ2n) is 5.34. The van der Waals surface area contributed by atoms with Crippen LogP contribution < -0.4 is 10.2 Å². The zero-order chi connectivity index (χ0) is 16.1. The van der Waals surface area contributed by atoms with E-state index in [1.165, 1.54) is 0 Å². The Hall–Kier alpha value is -2.77. The Morgan fingerprint density at radius 2 is 1.96 bits per heavy atom. The SMILES string of the molecule is CC(=O)N1CCN(c2cnnc(NCc3ccncc3)n2)CC1. The molecule has 120 valence electrons. The molecule has 0 spiro atoms. The molecular weight excluding hydrogens is 294 g/mol. The molecule has 1 amide bonds. The number of nitrogens with one attached hydrogen (secondary N) is 1. The number of pyridine rings is 1. The highest BCUT2D eigenvalue weighted by Gasteiger charge is 2.20. The molecule has 8 nitrogen and oxygen atoms in total. The molecule has 0 aliphatic carbocycles. The fourth-order valence-electron chi connectivity index (χ4n) is 2.45. The number of anilines is 2. The van der Waals surface area contributed by atoms with Gasteiger partial charge in [-0.15, -0.1) is 5.10 Å². The third-order valence-corrected chi connectivity index (χ3v) is 3.80. The number of hydrogen-bond donors (Lipinski definition) is 1. The molecule has 1 aliphatic heterocycles. The second kappa shape index (κ2) is 6.99. The van der Waals surface area contributed by atoms with E-state index in [1.54, 1.807) is 25.5 Å². The van der Waals surface area contributed by atoms with Crippen molar-refractivity contribution in [3.05, 3.63) is 36.3 Å². The molecule has 0 unspecified atom stereocenters. The van der Waals surface area contributed by atoms with Gasteiger partial charge in [-0.05, 0) is 17.7 Å². The standard InChI is InChI=1S/C15H19N7O/c1-12(23)21-6-8-22(9-7-21)14-11-18-20-15(19-14)17-10-13-2-4-16-5-3-13/h2-5,11H,6-10H2,1H3,(H,17,19,20). The maximum absolute atomic E-state index is 11.4. The van der Waals surface area contributed by atoms with Crippen LogP contribution in [0.1, 0.15) is 12.5 Å². The van der Waals surface area contributed by atoms with Gasteiger partial charge in [-0.25, -0.2) is 0 Å². The molecule has 8 heteroatoms. The Morgan fingerprint density at radius 1 is 1.22 bits per heavy atom. The largest absolute Gasteiger partial charge is 0.352 e. The number of aromatic nitrogens is 4. The summed E-state index contributed by atoms with van der Waals surface area (Å²) < 4.78 is 0. The molecule has 23 heavy (non-hydrogen) atoms. The predicted molar refractivity (Wildman–Crippen MR) is 85.9 cm³/mol. The van der Waals surface area contributed by atoms with Gasteiger partial charge in [-0.1, -0.05) is 0 Å². The van der Waals surface area contributed by atoms with Gasteiger partial charge in [-0.3, -0.25) is 9.78 Å². The van der Waals surface area contributed by atoms with Gasteiger partial charge in [0, 0.05) is 52.0 Å². The fraction of sp³-hybridized carbons (Fsp3) is 0.400. The minimum atomic E-state index is 0.116. The third kappa shape index (κ3) is 3.91. The molecule has 0 atom stereocenters. The van der Waals surface area contributed by atoms with Crippen molar-refractivity contribution in [2.24, 2.45) is 0 Å². The number of rotatable bonds is 4. The lowest BCUT2D eigenvalue weighted by molar-refractivity contribution is -0.129. The van der Waals surface area contributed by atoms with Gasteiger partial charge in [-0.2, -0.15) is 10.1 Å². The fourth-order valence-corrected chi connectivity index (χ4v) is 2.45. The Morgan fingerprint density at radius 3 is 2.65 bits per heavy atom. The van der Waals surface area contributed by atoms with Gasteiger partial charge in [0.25, 0.3) is 0 Å². The molecule has 3 heterocycles. The minimum Gasteiger partial charge on any atom is -0.352 e. The van der Waals surface area contributed by atoms with Gasteiger partial charge < -0.3 is 15.1 Å². The van der Waals surface area contributed by atoms with E-state index >= 15 is 0 Å². The molecule has 0 bridgehead atoms. The van der Waals surface area contributed by atoms with E-state index < -0.39 is 0 Å². The molecule has 2 aromatic rings. The van der Waals surface area contributed by atoms with Gasteiger partial charge >= 0.3 is 0 Å². The zero-order valence-electron chi connectivity index (χ0n) is 13.0. The summed E-state index contributed by atoms with van der Waals surface area (Å²) in [6, 6.07) is 3.87. The lowest BCUT2D eigenvalue weighted by atomic mass is 10.3. The van der Waals surface area contributed by atoms with E-state index in [4.69, 9.17) is 0 Å². The second-order valence-corrected chi connectivity index (χ2v) is 5.34. The third-order valence-electron chi connectivity index (χ3n) is 3.80. The number of carbonyl (C=O) groups is 1. The summed E-state index contributed by atoms with van der Waals surface area (Å²) in [5.41, 5.74) is 1.10. The molecule has 1 N–H and O–H groups in total. The maximum atomic E-state index is 11.4. The lowest BCUT2D eigenvalue weighted by Crippen LogP contribution is -2.48. The van der Waals surface area contributed by atoms with Gasteiger partial charge in [0.2, 0.25) is 11.9 Å². The highest BCUT2D eigenvalue weighted by Crippen LogP contribution is 2.14. The molecule has 3 rings (SSSR count). The first-order chi connectivity index (χ1) is 11.2. The number of piperazine rings is 1. The van der Waals surface area contributed by atoms with E-state index in [-0.39, 0.29) is 5.91 Å². The van der Waals surface area contributed by atoms with Crippen LogP contribution in [0.25, 0.3) is 0 Å². The highest BCUT2D eigenvalue weighted by molar-refractivity contribution is 5.73. The lowest BCUT2D eigenvalue weighted by Gasteiger charge is -2.34. The first kappa shape index (κ1) is 15.1. The summed E-state index contributed by atoms with van der Waals surface area (Å²) >= 11 is 0. The van der Waals surface area contributed by atoms with Crippen molar-refractivity contribution in [1.29, 1.82) is 0 Å². The van der Waals surface area contributed by atoms with Crippen molar-refractivity contribution >= 4 is 17.7 Å². The number of hydrogen-bond acceptors (Lipinski definition) is 7. The quantitative estimate of drug-likeness (QED) is 0.882. The van der Waals surface area contributed by atoms with Crippen molar-refractivity contribution < 1.29 is 4.79 Å². The first-order valence-electron chi connectivity index (χ1n) is 7.55. The summed E-state index contributed by atoms with van der Waals surface area (Å²) in [6.07, 6.45) is 5.16. The molecule has 0 saturated carbocycles. The summed E-state index contributed by atoms with van der Waals surface area (Å²) in [6.45, 7) is 5.14. The Bertz CT molecular complexity index is 656. The van der Waals surface area contributed by atoms with Crippen LogP contribution in [0.15, 0.2) is 30.7 Å². The average molecular weight is 313 g/mol. The van der Waals surface area contributed by atoms with Crippen LogP contribution in [0.4, 0.5) is 11.8 Å². The molecule has 0 radical (unpaired) electrons. The molecule has 2 aromatic heterocycles. The van der Waals surface area contributed by atoms with Gasteiger partial charge in [0.1, 0.15) is 0 Å². The monoisotopic (exact) mass is 313 g/mol. The zero-order valence-corrected chi connectivity index (χ0v) is 13.0.